The molecule has 0 aliphatic heterocycles. The van der Waals surface area contributed by atoms with Gasteiger partial charge in [0, 0.05) is 12.5 Å². The molecule has 0 saturated heterocycles. The second-order valence-electron chi connectivity index (χ2n) is 5.35. The third-order valence-electron chi connectivity index (χ3n) is 4.09. The summed E-state index contributed by atoms with van der Waals surface area (Å²) in [5.74, 6) is 0.960. The first-order valence-corrected chi connectivity index (χ1v) is 6.99. The van der Waals surface area contributed by atoms with Crippen LogP contribution in [-0.4, -0.2) is 19.1 Å². The van der Waals surface area contributed by atoms with Gasteiger partial charge in [-0.05, 0) is 24.7 Å². The van der Waals surface area contributed by atoms with Crippen LogP contribution in [0.2, 0.25) is 0 Å². The monoisotopic (exact) mass is 241 g/mol. The van der Waals surface area contributed by atoms with Crippen LogP contribution in [0.1, 0.15) is 58.3 Å². The van der Waals surface area contributed by atoms with Crippen LogP contribution in [0.3, 0.4) is 0 Å². The van der Waals surface area contributed by atoms with E-state index in [-0.39, 0.29) is 12.0 Å². The fourth-order valence-electron chi connectivity index (χ4n) is 2.89. The molecule has 0 amide bonds. The first kappa shape index (κ1) is 14.5. The molecule has 1 fully saturated rings. The number of nitrogens with two attached hydrogens (primary N) is 1. The summed E-state index contributed by atoms with van der Waals surface area (Å²) in [6, 6.07) is 0.135. The number of rotatable bonds is 6. The van der Waals surface area contributed by atoms with Crippen LogP contribution in [0.25, 0.3) is 0 Å². The van der Waals surface area contributed by atoms with Crippen LogP contribution in [0.4, 0.5) is 0 Å². The van der Waals surface area contributed by atoms with E-state index < -0.39 is 0 Å². The van der Waals surface area contributed by atoms with Crippen LogP contribution in [-0.2, 0) is 9.53 Å². The molecule has 1 saturated carbocycles. The Kier molecular flexibility index (Phi) is 6.56. The predicted molar refractivity (Wildman–Crippen MR) is 69.6 cm³/mol. The Labute approximate surface area is 105 Å². The number of carbonyl (C=O) groups is 1. The van der Waals surface area contributed by atoms with Gasteiger partial charge in [0.25, 0.3) is 0 Å². The maximum atomic E-state index is 11.4. The van der Waals surface area contributed by atoms with Gasteiger partial charge in [0.05, 0.1) is 7.11 Å². The van der Waals surface area contributed by atoms with Crippen molar-refractivity contribution in [1.29, 1.82) is 0 Å². The molecule has 0 spiro atoms. The lowest BCUT2D eigenvalue weighted by Crippen LogP contribution is -2.33. The average Bonchev–Trinajstić information content (AvgIpc) is 2.38. The van der Waals surface area contributed by atoms with E-state index in [0.717, 1.165) is 18.8 Å². The van der Waals surface area contributed by atoms with Crippen molar-refractivity contribution in [1.82, 2.24) is 0 Å². The van der Waals surface area contributed by atoms with Crippen molar-refractivity contribution in [2.45, 2.75) is 64.3 Å². The number of esters is 1. The Balaban J connectivity index is 2.46. The highest BCUT2D eigenvalue weighted by Gasteiger charge is 2.25. The first-order valence-electron chi connectivity index (χ1n) is 6.99. The lowest BCUT2D eigenvalue weighted by Gasteiger charge is -2.29. The van der Waals surface area contributed by atoms with Gasteiger partial charge >= 0.3 is 5.97 Å². The summed E-state index contributed by atoms with van der Waals surface area (Å²) < 4.78 is 4.77. The Hall–Kier alpha value is -0.570. The molecule has 17 heavy (non-hydrogen) atoms. The summed E-state index contributed by atoms with van der Waals surface area (Å²) in [4.78, 5) is 11.4. The molecule has 1 aliphatic rings. The van der Waals surface area contributed by atoms with Gasteiger partial charge in [-0.25, -0.2) is 0 Å². The number of hydrogen-bond acceptors (Lipinski definition) is 3. The molecular formula is C14H27NO2. The van der Waals surface area contributed by atoms with E-state index in [1.165, 1.54) is 39.2 Å². The molecule has 1 rings (SSSR count). The minimum Gasteiger partial charge on any atom is -0.469 e. The van der Waals surface area contributed by atoms with Crippen LogP contribution in [0.15, 0.2) is 0 Å². The summed E-state index contributed by atoms with van der Waals surface area (Å²) in [6.45, 7) is 2.09. The van der Waals surface area contributed by atoms with Gasteiger partial charge in [0.2, 0.25) is 0 Å². The molecule has 0 radical (unpaired) electrons. The number of hydrogen-bond donors (Lipinski definition) is 1. The molecule has 0 aromatic rings. The van der Waals surface area contributed by atoms with Crippen molar-refractivity contribution < 1.29 is 9.53 Å². The van der Waals surface area contributed by atoms with Gasteiger partial charge in [0.15, 0.2) is 0 Å². The molecule has 2 unspecified atom stereocenters. The van der Waals surface area contributed by atoms with Crippen molar-refractivity contribution in [3.8, 4) is 0 Å². The zero-order chi connectivity index (χ0) is 12.7. The van der Waals surface area contributed by atoms with Gasteiger partial charge in [0.1, 0.15) is 0 Å². The zero-order valence-corrected chi connectivity index (χ0v) is 11.3. The smallest absolute Gasteiger partial charge is 0.305 e. The van der Waals surface area contributed by atoms with E-state index >= 15 is 0 Å². The Bertz CT molecular complexity index is 224. The largest absolute Gasteiger partial charge is 0.469 e. The van der Waals surface area contributed by atoms with Crippen molar-refractivity contribution >= 4 is 5.97 Å². The summed E-state index contributed by atoms with van der Waals surface area (Å²) in [5, 5.41) is 0. The van der Waals surface area contributed by atoms with Crippen LogP contribution in [0, 0.1) is 11.8 Å². The highest BCUT2D eigenvalue weighted by atomic mass is 16.5. The van der Waals surface area contributed by atoms with Crippen LogP contribution < -0.4 is 5.73 Å². The Morgan fingerprint density at radius 2 is 2.00 bits per heavy atom. The molecule has 0 aromatic heterocycles. The molecule has 0 bridgehead atoms. The maximum Gasteiger partial charge on any atom is 0.305 e. The molecule has 0 aromatic carbocycles. The van der Waals surface area contributed by atoms with E-state index in [1.807, 2.05) is 0 Å². The summed E-state index contributed by atoms with van der Waals surface area (Å²) >= 11 is 0. The first-order chi connectivity index (χ1) is 8.17. The van der Waals surface area contributed by atoms with E-state index in [9.17, 15) is 4.79 Å². The number of carbonyl (C=O) groups excluding carboxylic acids is 1. The van der Waals surface area contributed by atoms with Gasteiger partial charge < -0.3 is 10.5 Å². The predicted octanol–water partition coefficient (Wildman–Crippen LogP) is 2.87. The molecule has 2 atom stereocenters. The van der Waals surface area contributed by atoms with Crippen LogP contribution >= 0.6 is 0 Å². The molecule has 3 nitrogen and oxygen atoms in total. The normalized spacial score (nSPS) is 20.9. The van der Waals surface area contributed by atoms with Crippen molar-refractivity contribution in [2.24, 2.45) is 17.6 Å². The third-order valence-corrected chi connectivity index (χ3v) is 4.09. The highest BCUT2D eigenvalue weighted by Crippen LogP contribution is 2.31. The quantitative estimate of drug-likeness (QED) is 0.727. The van der Waals surface area contributed by atoms with E-state index in [1.54, 1.807) is 0 Å². The Morgan fingerprint density at radius 1 is 1.35 bits per heavy atom. The highest BCUT2D eigenvalue weighted by molar-refractivity contribution is 5.69. The fraction of sp³-hybridized carbons (Fsp3) is 0.929. The lowest BCUT2D eigenvalue weighted by atomic mass is 9.79. The molecule has 1 aliphatic carbocycles. The van der Waals surface area contributed by atoms with E-state index in [0.29, 0.717) is 12.3 Å². The van der Waals surface area contributed by atoms with Crippen molar-refractivity contribution in [3.05, 3.63) is 0 Å². The van der Waals surface area contributed by atoms with Gasteiger partial charge in [-0.3, -0.25) is 4.79 Å². The second-order valence-corrected chi connectivity index (χ2v) is 5.35. The topological polar surface area (TPSA) is 52.3 Å². The Morgan fingerprint density at radius 3 is 2.53 bits per heavy atom. The minimum absolute atomic E-state index is 0.116. The molecule has 3 heteroatoms. The lowest BCUT2D eigenvalue weighted by molar-refractivity contribution is -0.142. The second kappa shape index (κ2) is 7.70. The molecule has 0 heterocycles. The summed E-state index contributed by atoms with van der Waals surface area (Å²) in [7, 11) is 1.46. The van der Waals surface area contributed by atoms with Gasteiger partial charge in [-0.15, -0.1) is 0 Å². The number of ether oxygens (including phenoxy) is 1. The van der Waals surface area contributed by atoms with Crippen molar-refractivity contribution in [3.63, 3.8) is 0 Å². The maximum absolute atomic E-state index is 11.4. The minimum atomic E-state index is -0.116. The standard InChI is InChI=1S/C14H27NO2/c1-3-13(15)12(10-14(16)17-2)9-11-7-5-4-6-8-11/h11-13H,3-10,15H2,1-2H3. The van der Waals surface area contributed by atoms with Crippen molar-refractivity contribution in [2.75, 3.05) is 7.11 Å². The fourth-order valence-corrected chi connectivity index (χ4v) is 2.89. The average molecular weight is 241 g/mol. The number of methoxy groups -OCH3 is 1. The molecule has 100 valence electrons. The summed E-state index contributed by atoms with van der Waals surface area (Å²) in [6.07, 6.45) is 9.22. The zero-order valence-electron chi connectivity index (χ0n) is 11.3. The summed E-state index contributed by atoms with van der Waals surface area (Å²) in [5.41, 5.74) is 6.13. The van der Waals surface area contributed by atoms with Gasteiger partial charge in [-0.2, -0.15) is 0 Å². The molecule has 2 N–H and O–H groups in total. The van der Waals surface area contributed by atoms with E-state index in [4.69, 9.17) is 10.5 Å². The third kappa shape index (κ3) is 5.07. The molecular weight excluding hydrogens is 214 g/mol. The van der Waals surface area contributed by atoms with E-state index in [2.05, 4.69) is 6.92 Å². The SMILES string of the molecule is CCC(N)C(CC(=O)OC)CC1CCCCC1. The van der Waals surface area contributed by atoms with Crippen LogP contribution in [0.5, 0.6) is 0 Å². The van der Waals surface area contributed by atoms with Gasteiger partial charge in [-0.1, -0.05) is 39.0 Å².